The summed E-state index contributed by atoms with van der Waals surface area (Å²) in [6.07, 6.45) is 38.1. The zero-order valence-electron chi connectivity index (χ0n) is 31.7. The molecule has 0 aromatic carbocycles. The summed E-state index contributed by atoms with van der Waals surface area (Å²) in [6.45, 7) is 3.86. The summed E-state index contributed by atoms with van der Waals surface area (Å²) in [5.41, 5.74) is 0. The summed E-state index contributed by atoms with van der Waals surface area (Å²) in [6, 6.07) is 0. The van der Waals surface area contributed by atoms with Crippen LogP contribution >= 0.6 is 0 Å². The Morgan fingerprint density at radius 3 is 1.57 bits per heavy atom. The molecule has 0 aromatic rings. The summed E-state index contributed by atoms with van der Waals surface area (Å²) < 4.78 is 10.5. The van der Waals surface area contributed by atoms with Crippen LogP contribution < -0.4 is 0 Å². The first kappa shape index (κ1) is 47.0. The maximum Gasteiger partial charge on any atom is 0.306 e. The third-order valence-corrected chi connectivity index (χ3v) is 8.89. The fourth-order valence-electron chi connectivity index (χ4n) is 5.66. The smallest absolute Gasteiger partial charge is 0.306 e. The Morgan fingerprint density at radius 1 is 0.551 bits per heavy atom. The highest BCUT2D eigenvalue weighted by Gasteiger charge is 2.18. The van der Waals surface area contributed by atoms with Crippen molar-refractivity contribution < 1.29 is 34.4 Å². The van der Waals surface area contributed by atoms with Crippen molar-refractivity contribution in [3.05, 3.63) is 36.5 Å². The topological polar surface area (TPSA) is 113 Å². The van der Waals surface area contributed by atoms with Crippen molar-refractivity contribution in [1.82, 2.24) is 0 Å². The van der Waals surface area contributed by atoms with E-state index in [4.69, 9.17) is 9.47 Å². The highest BCUT2D eigenvalue weighted by molar-refractivity contribution is 5.70. The van der Waals surface area contributed by atoms with Crippen LogP contribution in [0.3, 0.4) is 0 Å². The van der Waals surface area contributed by atoms with E-state index < -0.39 is 30.9 Å². The number of hydrogen-bond acceptors (Lipinski definition) is 7. The molecule has 2 unspecified atom stereocenters. The largest absolute Gasteiger partial charge is 0.462 e. The van der Waals surface area contributed by atoms with Crippen LogP contribution in [0.15, 0.2) is 36.5 Å². The number of aliphatic hydroxyl groups is 3. The predicted octanol–water partition coefficient (Wildman–Crippen LogP) is 10.4. The molecular formula is C42H76O7. The lowest BCUT2D eigenvalue weighted by atomic mass is 10.0. The summed E-state index contributed by atoms with van der Waals surface area (Å²) >= 11 is 0. The van der Waals surface area contributed by atoms with E-state index in [0.29, 0.717) is 19.3 Å². The molecule has 0 aliphatic carbocycles. The first-order valence-electron chi connectivity index (χ1n) is 20.2. The van der Waals surface area contributed by atoms with Gasteiger partial charge >= 0.3 is 11.9 Å². The van der Waals surface area contributed by atoms with Gasteiger partial charge in [-0.05, 0) is 51.4 Å². The van der Waals surface area contributed by atoms with Crippen molar-refractivity contribution in [2.24, 2.45) is 0 Å². The summed E-state index contributed by atoms with van der Waals surface area (Å²) in [5.74, 6) is -0.871. The van der Waals surface area contributed by atoms with Crippen LogP contribution in [0.5, 0.6) is 0 Å². The minimum absolute atomic E-state index is 0.0722. The molecule has 0 saturated heterocycles. The van der Waals surface area contributed by atoms with Gasteiger partial charge in [-0.25, -0.2) is 0 Å². The molecule has 3 atom stereocenters. The lowest BCUT2D eigenvalue weighted by Gasteiger charge is -2.17. The average Bonchev–Trinajstić information content (AvgIpc) is 3.10. The standard InChI is InChI=1S/C42H76O7/c1-3-5-7-9-11-13-15-17-18-19-20-22-24-26-28-30-34-42(47)49-38(36-43)37-48-41(46)35-31-33-40(45)39(44)32-29-27-25-23-21-16-14-12-10-8-6-4-2/h12,14,21,23,27,29,38-40,43-45H,3-11,13,15-20,22,24-26,28,30-37H2,1-2H3/b14-12-,23-21-,29-27-/t38-,39?,40?/m0/s1. The van der Waals surface area contributed by atoms with Crippen LogP contribution in [0.25, 0.3) is 0 Å². The Bertz CT molecular complexity index is 822. The molecule has 0 spiro atoms. The van der Waals surface area contributed by atoms with Gasteiger partial charge in [0.25, 0.3) is 0 Å². The lowest BCUT2D eigenvalue weighted by molar-refractivity contribution is -0.161. The van der Waals surface area contributed by atoms with E-state index in [1.54, 1.807) is 0 Å². The molecule has 7 nitrogen and oxygen atoms in total. The van der Waals surface area contributed by atoms with Gasteiger partial charge in [-0.3, -0.25) is 9.59 Å². The fraction of sp³-hybridized carbons (Fsp3) is 0.810. The Kier molecular flexibility index (Phi) is 35.8. The van der Waals surface area contributed by atoms with Gasteiger partial charge in [0.05, 0.1) is 18.8 Å². The Morgan fingerprint density at radius 2 is 1.02 bits per heavy atom. The van der Waals surface area contributed by atoms with Crippen LogP contribution in [0, 0.1) is 0 Å². The van der Waals surface area contributed by atoms with Crippen molar-refractivity contribution in [3.8, 4) is 0 Å². The summed E-state index contributed by atoms with van der Waals surface area (Å²) in [7, 11) is 0. The number of carbonyl (C=O) groups excluding carboxylic acids is 2. The molecule has 0 amide bonds. The molecule has 0 bridgehead atoms. The molecular weight excluding hydrogens is 616 g/mol. The number of rotatable bonds is 36. The number of esters is 2. The maximum atomic E-state index is 12.2. The van der Waals surface area contributed by atoms with Gasteiger partial charge in [0.2, 0.25) is 0 Å². The van der Waals surface area contributed by atoms with Gasteiger partial charge in [-0.1, -0.05) is 159 Å². The van der Waals surface area contributed by atoms with E-state index in [1.165, 1.54) is 103 Å². The van der Waals surface area contributed by atoms with E-state index >= 15 is 0 Å². The average molecular weight is 693 g/mol. The molecule has 7 heteroatoms. The zero-order valence-corrected chi connectivity index (χ0v) is 31.7. The number of allylic oxidation sites excluding steroid dienone is 5. The molecule has 0 aliphatic rings. The Labute approximate surface area is 301 Å². The van der Waals surface area contributed by atoms with Crippen molar-refractivity contribution in [1.29, 1.82) is 0 Å². The van der Waals surface area contributed by atoms with Crippen LogP contribution in [-0.4, -0.2) is 58.8 Å². The maximum absolute atomic E-state index is 12.2. The van der Waals surface area contributed by atoms with Crippen LogP contribution in [0.4, 0.5) is 0 Å². The third-order valence-electron chi connectivity index (χ3n) is 8.89. The normalized spacial score (nSPS) is 13.8. The molecule has 0 saturated carbocycles. The van der Waals surface area contributed by atoms with Crippen molar-refractivity contribution in [2.75, 3.05) is 13.2 Å². The van der Waals surface area contributed by atoms with E-state index in [-0.39, 0.29) is 25.4 Å². The second kappa shape index (κ2) is 37.3. The monoisotopic (exact) mass is 693 g/mol. The predicted molar refractivity (Wildman–Crippen MR) is 203 cm³/mol. The van der Waals surface area contributed by atoms with E-state index in [9.17, 15) is 24.9 Å². The van der Waals surface area contributed by atoms with Crippen molar-refractivity contribution in [2.45, 2.75) is 206 Å². The zero-order chi connectivity index (χ0) is 36.0. The molecule has 0 rings (SSSR count). The molecule has 0 radical (unpaired) electrons. The molecule has 0 fully saturated rings. The first-order valence-corrected chi connectivity index (χ1v) is 20.2. The van der Waals surface area contributed by atoms with E-state index in [2.05, 4.69) is 38.2 Å². The summed E-state index contributed by atoms with van der Waals surface area (Å²) in [4.78, 5) is 24.3. The second-order valence-corrected chi connectivity index (χ2v) is 13.7. The fourth-order valence-corrected chi connectivity index (χ4v) is 5.66. The highest BCUT2D eigenvalue weighted by Crippen LogP contribution is 2.15. The summed E-state index contributed by atoms with van der Waals surface area (Å²) in [5, 5.41) is 30.0. The third kappa shape index (κ3) is 34.3. The number of aliphatic hydroxyl groups excluding tert-OH is 3. The van der Waals surface area contributed by atoms with Gasteiger partial charge in [-0.2, -0.15) is 0 Å². The van der Waals surface area contributed by atoms with Gasteiger partial charge < -0.3 is 24.8 Å². The molecule has 49 heavy (non-hydrogen) atoms. The minimum atomic E-state index is -0.929. The molecule has 3 N–H and O–H groups in total. The second-order valence-electron chi connectivity index (χ2n) is 13.7. The molecule has 0 aliphatic heterocycles. The van der Waals surface area contributed by atoms with Gasteiger partial charge in [0, 0.05) is 12.8 Å². The van der Waals surface area contributed by atoms with Gasteiger partial charge in [-0.15, -0.1) is 0 Å². The number of unbranched alkanes of at least 4 members (excludes halogenated alkanes) is 18. The minimum Gasteiger partial charge on any atom is -0.462 e. The SMILES string of the molecule is CCCCC/C=C\C/C=C\C/C=C\CC(O)C(O)CCCC(=O)OC[C@H](CO)OC(=O)CCCCCCCCCCCCCCCCCC. The molecule has 286 valence electrons. The molecule has 0 aromatic heterocycles. The van der Waals surface area contributed by atoms with Gasteiger partial charge in [0.15, 0.2) is 6.10 Å². The lowest BCUT2D eigenvalue weighted by Crippen LogP contribution is -2.28. The van der Waals surface area contributed by atoms with Crippen LogP contribution in [0.1, 0.15) is 187 Å². The number of hydrogen-bond donors (Lipinski definition) is 3. The van der Waals surface area contributed by atoms with Gasteiger partial charge in [0.1, 0.15) is 6.61 Å². The number of carbonyl (C=O) groups is 2. The first-order chi connectivity index (χ1) is 23.9. The van der Waals surface area contributed by atoms with E-state index in [1.807, 2.05) is 12.2 Å². The number of ether oxygens (including phenoxy) is 2. The van der Waals surface area contributed by atoms with Crippen LogP contribution in [0.2, 0.25) is 0 Å². The Balaban J connectivity index is 3.78. The van der Waals surface area contributed by atoms with E-state index in [0.717, 1.165) is 38.5 Å². The Hall–Kier alpha value is -1.96. The molecule has 0 heterocycles. The van der Waals surface area contributed by atoms with Crippen LogP contribution in [-0.2, 0) is 19.1 Å². The van der Waals surface area contributed by atoms with Crippen molar-refractivity contribution >= 4 is 11.9 Å². The highest BCUT2D eigenvalue weighted by atomic mass is 16.6. The quantitative estimate of drug-likeness (QED) is 0.0340. The van der Waals surface area contributed by atoms with Crippen molar-refractivity contribution in [3.63, 3.8) is 0 Å².